The second-order valence-electron chi connectivity index (χ2n) is 5.62. The number of benzene rings is 2. The van der Waals surface area contributed by atoms with Crippen molar-refractivity contribution < 1.29 is 26.7 Å². The summed E-state index contributed by atoms with van der Waals surface area (Å²) in [7, 11) is -3.76. The number of nitrogens with zero attached hydrogens (tertiary/aromatic N) is 1. The van der Waals surface area contributed by atoms with Gasteiger partial charge >= 0.3 is 0 Å². The van der Waals surface area contributed by atoms with Gasteiger partial charge in [0.05, 0.1) is 23.8 Å². The van der Waals surface area contributed by atoms with Gasteiger partial charge in [-0.25, -0.2) is 17.2 Å². The minimum absolute atomic E-state index is 0.0355. The van der Waals surface area contributed by atoms with E-state index in [9.17, 15) is 22.0 Å². The molecule has 0 atom stereocenters. The molecule has 0 saturated carbocycles. The number of carbonyl (C=O) groups excluding carboxylic acids is 1. The summed E-state index contributed by atoms with van der Waals surface area (Å²) in [4.78, 5) is 12.3. The number of ether oxygens (including phenoxy) is 1. The number of hydrogen-bond acceptors (Lipinski definition) is 4. The molecule has 138 valence electrons. The smallest absolute Gasteiger partial charge is 0.255 e. The first kappa shape index (κ1) is 18.4. The molecule has 1 aliphatic rings. The van der Waals surface area contributed by atoms with Crippen LogP contribution in [0.5, 0.6) is 0 Å². The minimum atomic E-state index is -3.76. The van der Waals surface area contributed by atoms with Gasteiger partial charge in [-0.2, -0.15) is 4.31 Å². The molecule has 0 unspecified atom stereocenters. The van der Waals surface area contributed by atoms with Gasteiger partial charge in [-0.1, -0.05) is 6.07 Å². The molecule has 0 bridgehead atoms. The number of sulfonamides is 1. The molecule has 1 amide bonds. The van der Waals surface area contributed by atoms with Gasteiger partial charge in [-0.3, -0.25) is 4.79 Å². The van der Waals surface area contributed by atoms with E-state index in [1.165, 1.54) is 28.6 Å². The van der Waals surface area contributed by atoms with Crippen LogP contribution in [0.25, 0.3) is 0 Å². The Kier molecular flexibility index (Phi) is 5.30. The molecule has 3 rings (SSSR count). The zero-order valence-corrected chi connectivity index (χ0v) is 14.4. The Morgan fingerprint density at radius 3 is 2.50 bits per heavy atom. The lowest BCUT2D eigenvalue weighted by Gasteiger charge is -2.26. The summed E-state index contributed by atoms with van der Waals surface area (Å²) >= 11 is 0. The summed E-state index contributed by atoms with van der Waals surface area (Å²) < 4.78 is 58.3. The monoisotopic (exact) mass is 382 g/mol. The first-order valence-corrected chi connectivity index (χ1v) is 9.26. The molecule has 0 aliphatic carbocycles. The van der Waals surface area contributed by atoms with Crippen molar-refractivity contribution in [3.63, 3.8) is 0 Å². The lowest BCUT2D eigenvalue weighted by atomic mass is 10.2. The van der Waals surface area contributed by atoms with E-state index >= 15 is 0 Å². The fourth-order valence-corrected chi connectivity index (χ4v) is 3.97. The number of halogens is 2. The summed E-state index contributed by atoms with van der Waals surface area (Å²) in [5.41, 5.74) is -0.152. The topological polar surface area (TPSA) is 75.7 Å². The van der Waals surface area contributed by atoms with Crippen molar-refractivity contribution in [3.8, 4) is 0 Å². The van der Waals surface area contributed by atoms with Crippen LogP contribution in [0.3, 0.4) is 0 Å². The summed E-state index contributed by atoms with van der Waals surface area (Å²) in [6.07, 6.45) is 0. The van der Waals surface area contributed by atoms with Gasteiger partial charge in [0.1, 0.15) is 11.6 Å². The Labute approximate surface area is 149 Å². The van der Waals surface area contributed by atoms with Crippen molar-refractivity contribution in [2.24, 2.45) is 0 Å². The Morgan fingerprint density at radius 2 is 1.81 bits per heavy atom. The third-order valence-corrected chi connectivity index (χ3v) is 5.78. The molecular weight excluding hydrogens is 366 g/mol. The highest BCUT2D eigenvalue weighted by Gasteiger charge is 2.27. The van der Waals surface area contributed by atoms with Crippen LogP contribution in [0.1, 0.15) is 10.4 Å². The second-order valence-corrected chi connectivity index (χ2v) is 7.56. The molecule has 26 heavy (non-hydrogen) atoms. The van der Waals surface area contributed by atoms with Gasteiger partial charge in [0, 0.05) is 24.7 Å². The van der Waals surface area contributed by atoms with Crippen LogP contribution >= 0.6 is 0 Å². The summed E-state index contributed by atoms with van der Waals surface area (Å²) in [5.74, 6) is -2.39. The summed E-state index contributed by atoms with van der Waals surface area (Å²) in [5, 5.41) is 2.30. The van der Waals surface area contributed by atoms with Crippen LogP contribution in [-0.2, 0) is 14.8 Å². The van der Waals surface area contributed by atoms with Gasteiger partial charge in [0.2, 0.25) is 10.0 Å². The predicted octanol–water partition coefficient (Wildman–Crippen LogP) is 2.24. The lowest BCUT2D eigenvalue weighted by molar-refractivity contribution is 0.0730. The van der Waals surface area contributed by atoms with Crippen LogP contribution < -0.4 is 5.32 Å². The van der Waals surface area contributed by atoms with E-state index in [1.54, 1.807) is 0 Å². The van der Waals surface area contributed by atoms with Crippen molar-refractivity contribution in [1.82, 2.24) is 4.31 Å². The van der Waals surface area contributed by atoms with Gasteiger partial charge in [0.25, 0.3) is 5.91 Å². The van der Waals surface area contributed by atoms with Crippen LogP contribution in [0, 0.1) is 11.6 Å². The van der Waals surface area contributed by atoms with Crippen LogP contribution in [0.2, 0.25) is 0 Å². The van der Waals surface area contributed by atoms with Crippen molar-refractivity contribution >= 4 is 21.6 Å². The summed E-state index contributed by atoms with van der Waals surface area (Å²) in [6.45, 7) is 1.09. The van der Waals surface area contributed by atoms with Gasteiger partial charge in [-0.15, -0.1) is 0 Å². The normalized spacial score (nSPS) is 15.6. The zero-order valence-electron chi connectivity index (χ0n) is 13.6. The largest absolute Gasteiger partial charge is 0.379 e. The second kappa shape index (κ2) is 7.48. The Hall–Kier alpha value is -2.36. The molecule has 9 heteroatoms. The maximum absolute atomic E-state index is 13.7. The van der Waals surface area contributed by atoms with E-state index in [0.717, 1.165) is 12.1 Å². The fraction of sp³-hybridized carbons (Fsp3) is 0.235. The maximum atomic E-state index is 13.7. The van der Waals surface area contributed by atoms with E-state index in [4.69, 9.17) is 4.74 Å². The molecule has 1 aliphatic heterocycles. The molecule has 0 aromatic heterocycles. The fourth-order valence-electron chi connectivity index (χ4n) is 2.52. The first-order chi connectivity index (χ1) is 12.4. The predicted molar refractivity (Wildman–Crippen MR) is 90.3 cm³/mol. The number of morpholine rings is 1. The maximum Gasteiger partial charge on any atom is 0.255 e. The Bertz CT molecular complexity index is 928. The standard InChI is InChI=1S/C17H16F2N2O4S/c18-13-4-5-16(15(19)11-13)20-17(22)12-2-1-3-14(10-12)26(23,24)21-6-8-25-9-7-21/h1-5,10-11H,6-9H2,(H,20,22). The number of amides is 1. The number of nitrogens with one attached hydrogen (secondary N) is 1. The van der Waals surface area contributed by atoms with Crippen molar-refractivity contribution in [2.45, 2.75) is 4.90 Å². The molecule has 6 nitrogen and oxygen atoms in total. The average molecular weight is 382 g/mol. The number of hydrogen-bond donors (Lipinski definition) is 1. The van der Waals surface area contributed by atoms with E-state index < -0.39 is 27.6 Å². The van der Waals surface area contributed by atoms with Crippen molar-refractivity contribution in [3.05, 3.63) is 59.7 Å². The highest BCUT2D eigenvalue weighted by atomic mass is 32.2. The van der Waals surface area contributed by atoms with Crippen molar-refractivity contribution in [1.29, 1.82) is 0 Å². The van der Waals surface area contributed by atoms with E-state index in [1.807, 2.05) is 0 Å². The van der Waals surface area contributed by atoms with E-state index in [2.05, 4.69) is 5.32 Å². The van der Waals surface area contributed by atoms with E-state index in [0.29, 0.717) is 19.3 Å². The van der Waals surface area contributed by atoms with Gasteiger partial charge in [0.15, 0.2) is 0 Å². The average Bonchev–Trinajstić information content (AvgIpc) is 2.65. The molecule has 1 N–H and O–H groups in total. The molecule has 0 spiro atoms. The van der Waals surface area contributed by atoms with Crippen LogP contribution in [-0.4, -0.2) is 44.9 Å². The molecule has 1 fully saturated rings. The highest BCUT2D eigenvalue weighted by molar-refractivity contribution is 7.89. The molecule has 1 heterocycles. The number of rotatable bonds is 4. The van der Waals surface area contributed by atoms with Crippen LogP contribution in [0.4, 0.5) is 14.5 Å². The molecule has 0 radical (unpaired) electrons. The SMILES string of the molecule is O=C(Nc1ccc(F)cc1F)c1cccc(S(=O)(=O)N2CCOCC2)c1. The third-order valence-electron chi connectivity index (χ3n) is 3.88. The Balaban J connectivity index is 1.83. The molecule has 2 aromatic rings. The van der Waals surface area contributed by atoms with Gasteiger partial charge < -0.3 is 10.1 Å². The number of anilines is 1. The number of carbonyl (C=O) groups is 1. The summed E-state index contributed by atoms with van der Waals surface area (Å²) in [6, 6.07) is 8.21. The lowest BCUT2D eigenvalue weighted by Crippen LogP contribution is -2.40. The van der Waals surface area contributed by atoms with Gasteiger partial charge in [-0.05, 0) is 30.3 Å². The first-order valence-electron chi connectivity index (χ1n) is 7.82. The molecule has 1 saturated heterocycles. The molecule has 2 aromatic carbocycles. The van der Waals surface area contributed by atoms with E-state index in [-0.39, 0.29) is 29.2 Å². The minimum Gasteiger partial charge on any atom is -0.379 e. The Morgan fingerprint density at radius 1 is 1.08 bits per heavy atom. The molecular formula is C17H16F2N2O4S. The third kappa shape index (κ3) is 3.90. The quantitative estimate of drug-likeness (QED) is 0.880. The highest BCUT2D eigenvalue weighted by Crippen LogP contribution is 2.20. The van der Waals surface area contributed by atoms with Crippen LogP contribution in [0.15, 0.2) is 47.4 Å². The zero-order chi connectivity index (χ0) is 18.7. The van der Waals surface area contributed by atoms with Crippen molar-refractivity contribution in [2.75, 3.05) is 31.6 Å².